The molecular formula is C13H27NO5. The summed E-state index contributed by atoms with van der Waals surface area (Å²) in [6.45, 7) is 7.48. The van der Waals surface area contributed by atoms with Crippen LogP contribution in [-0.4, -0.2) is 77.8 Å². The second-order valence-electron chi connectivity index (χ2n) is 3.98. The number of ether oxygens (including phenoxy) is 4. The predicted molar refractivity (Wildman–Crippen MR) is 72.3 cm³/mol. The fourth-order valence-corrected chi connectivity index (χ4v) is 1.44. The second kappa shape index (κ2) is 13.7. The monoisotopic (exact) mass is 277 g/mol. The molecule has 0 N–H and O–H groups in total. The summed E-state index contributed by atoms with van der Waals surface area (Å²) in [5.41, 5.74) is 0. The maximum Gasteiger partial charge on any atom is 0.306 e. The van der Waals surface area contributed by atoms with Crippen molar-refractivity contribution < 1.29 is 23.7 Å². The Morgan fingerprint density at radius 1 is 0.947 bits per heavy atom. The summed E-state index contributed by atoms with van der Waals surface area (Å²) < 4.78 is 20.2. The lowest BCUT2D eigenvalue weighted by Crippen LogP contribution is -2.30. The zero-order valence-corrected chi connectivity index (χ0v) is 12.4. The summed E-state index contributed by atoms with van der Waals surface area (Å²) in [6, 6.07) is 0. The molecule has 0 saturated heterocycles. The van der Waals surface area contributed by atoms with Gasteiger partial charge in [0.2, 0.25) is 0 Å². The van der Waals surface area contributed by atoms with E-state index in [0.29, 0.717) is 46.0 Å². The normalized spacial score (nSPS) is 10.9. The minimum absolute atomic E-state index is 0.175. The SMILES string of the molecule is CCN(CCOCCOCCOC)CCC(=O)OC. The van der Waals surface area contributed by atoms with E-state index >= 15 is 0 Å². The molecule has 114 valence electrons. The van der Waals surface area contributed by atoms with Crippen LogP contribution in [0.5, 0.6) is 0 Å². The van der Waals surface area contributed by atoms with Gasteiger partial charge >= 0.3 is 5.97 Å². The molecule has 0 bridgehead atoms. The molecule has 0 aliphatic rings. The summed E-state index contributed by atoms with van der Waals surface area (Å²) in [4.78, 5) is 13.2. The molecule has 6 nitrogen and oxygen atoms in total. The molecule has 0 aromatic carbocycles. The van der Waals surface area contributed by atoms with Gasteiger partial charge in [-0.3, -0.25) is 4.79 Å². The Bertz CT molecular complexity index is 213. The number of likely N-dealkylation sites (N-methyl/N-ethyl adjacent to an activating group) is 1. The molecule has 0 aromatic rings. The van der Waals surface area contributed by atoms with Gasteiger partial charge in [-0.25, -0.2) is 0 Å². The minimum atomic E-state index is -0.175. The molecule has 0 saturated carbocycles. The standard InChI is InChI=1S/C13H27NO5/c1-4-14(6-5-13(15)17-3)7-8-18-11-12-19-10-9-16-2/h4-12H2,1-3H3. The first-order valence-electron chi connectivity index (χ1n) is 6.68. The average Bonchev–Trinajstić information content (AvgIpc) is 2.44. The van der Waals surface area contributed by atoms with Crippen molar-refractivity contribution in [2.75, 3.05) is 66.9 Å². The van der Waals surface area contributed by atoms with Crippen LogP contribution < -0.4 is 0 Å². The zero-order chi connectivity index (χ0) is 14.3. The van der Waals surface area contributed by atoms with Gasteiger partial charge in [-0.2, -0.15) is 0 Å². The van der Waals surface area contributed by atoms with E-state index in [9.17, 15) is 4.79 Å². The van der Waals surface area contributed by atoms with Crippen molar-refractivity contribution in [1.82, 2.24) is 4.90 Å². The topological polar surface area (TPSA) is 57.2 Å². The number of hydrogen-bond acceptors (Lipinski definition) is 6. The van der Waals surface area contributed by atoms with E-state index in [1.54, 1.807) is 7.11 Å². The van der Waals surface area contributed by atoms with Gasteiger partial charge < -0.3 is 23.8 Å². The Kier molecular flexibility index (Phi) is 13.2. The smallest absolute Gasteiger partial charge is 0.306 e. The van der Waals surface area contributed by atoms with Gasteiger partial charge in [-0.15, -0.1) is 0 Å². The Morgan fingerprint density at radius 2 is 1.58 bits per heavy atom. The van der Waals surface area contributed by atoms with Gasteiger partial charge in [-0.05, 0) is 6.54 Å². The molecule has 0 heterocycles. The molecule has 0 radical (unpaired) electrons. The number of nitrogens with zero attached hydrogens (tertiary/aromatic N) is 1. The summed E-state index contributed by atoms with van der Waals surface area (Å²) in [7, 11) is 3.05. The van der Waals surface area contributed by atoms with Crippen molar-refractivity contribution in [1.29, 1.82) is 0 Å². The summed E-state index contributed by atoms with van der Waals surface area (Å²) in [5, 5.41) is 0. The predicted octanol–water partition coefficient (Wildman–Crippen LogP) is 0.551. The van der Waals surface area contributed by atoms with Crippen molar-refractivity contribution in [2.45, 2.75) is 13.3 Å². The van der Waals surface area contributed by atoms with Crippen LogP contribution in [0.4, 0.5) is 0 Å². The first kappa shape index (κ1) is 18.3. The van der Waals surface area contributed by atoms with Crippen molar-refractivity contribution in [2.24, 2.45) is 0 Å². The fourth-order valence-electron chi connectivity index (χ4n) is 1.44. The lowest BCUT2D eigenvalue weighted by molar-refractivity contribution is -0.141. The lowest BCUT2D eigenvalue weighted by Gasteiger charge is -2.19. The Balaban J connectivity index is 3.38. The van der Waals surface area contributed by atoms with Gasteiger partial charge in [0.1, 0.15) is 0 Å². The van der Waals surface area contributed by atoms with Crippen molar-refractivity contribution >= 4 is 5.97 Å². The molecule has 0 amide bonds. The number of carbonyl (C=O) groups is 1. The van der Waals surface area contributed by atoms with Gasteiger partial charge in [0.05, 0.1) is 46.6 Å². The highest BCUT2D eigenvalue weighted by atomic mass is 16.5. The number of rotatable bonds is 13. The summed E-state index contributed by atoms with van der Waals surface area (Å²) >= 11 is 0. The van der Waals surface area contributed by atoms with Crippen molar-refractivity contribution in [3.05, 3.63) is 0 Å². The zero-order valence-electron chi connectivity index (χ0n) is 12.4. The van der Waals surface area contributed by atoms with E-state index in [1.807, 2.05) is 0 Å². The van der Waals surface area contributed by atoms with E-state index in [-0.39, 0.29) is 5.97 Å². The quantitative estimate of drug-likeness (QED) is 0.362. The number of hydrogen-bond donors (Lipinski definition) is 0. The van der Waals surface area contributed by atoms with Gasteiger partial charge in [0.25, 0.3) is 0 Å². The Labute approximate surface area is 115 Å². The third-order valence-corrected chi connectivity index (χ3v) is 2.66. The number of methoxy groups -OCH3 is 2. The molecule has 6 heteroatoms. The van der Waals surface area contributed by atoms with Gasteiger partial charge in [-0.1, -0.05) is 6.92 Å². The van der Waals surface area contributed by atoms with Crippen LogP contribution in [0, 0.1) is 0 Å². The molecule has 0 rings (SSSR count). The van der Waals surface area contributed by atoms with Crippen LogP contribution in [-0.2, 0) is 23.7 Å². The van der Waals surface area contributed by atoms with E-state index < -0.39 is 0 Å². The Morgan fingerprint density at radius 3 is 2.16 bits per heavy atom. The molecule has 0 atom stereocenters. The molecule has 0 aromatic heterocycles. The molecular weight excluding hydrogens is 250 g/mol. The maximum absolute atomic E-state index is 11.0. The van der Waals surface area contributed by atoms with E-state index in [4.69, 9.17) is 14.2 Å². The summed E-state index contributed by atoms with van der Waals surface area (Å²) in [6.07, 6.45) is 0.421. The highest BCUT2D eigenvalue weighted by molar-refractivity contribution is 5.69. The number of esters is 1. The van der Waals surface area contributed by atoms with Crippen LogP contribution in [0.15, 0.2) is 0 Å². The van der Waals surface area contributed by atoms with Gasteiger partial charge in [0.15, 0.2) is 0 Å². The van der Waals surface area contributed by atoms with Crippen LogP contribution in [0.2, 0.25) is 0 Å². The highest BCUT2D eigenvalue weighted by Gasteiger charge is 2.06. The second-order valence-corrected chi connectivity index (χ2v) is 3.98. The van der Waals surface area contributed by atoms with Crippen LogP contribution in [0.25, 0.3) is 0 Å². The van der Waals surface area contributed by atoms with Crippen LogP contribution in [0.1, 0.15) is 13.3 Å². The highest BCUT2D eigenvalue weighted by Crippen LogP contribution is 1.93. The largest absolute Gasteiger partial charge is 0.469 e. The molecule has 0 fully saturated rings. The minimum Gasteiger partial charge on any atom is -0.469 e. The molecule has 0 aliphatic heterocycles. The average molecular weight is 277 g/mol. The van der Waals surface area contributed by atoms with Crippen LogP contribution >= 0.6 is 0 Å². The maximum atomic E-state index is 11.0. The third kappa shape index (κ3) is 12.1. The van der Waals surface area contributed by atoms with Crippen LogP contribution in [0.3, 0.4) is 0 Å². The summed E-state index contributed by atoms with van der Waals surface area (Å²) in [5.74, 6) is -0.175. The van der Waals surface area contributed by atoms with Crippen molar-refractivity contribution in [3.63, 3.8) is 0 Å². The van der Waals surface area contributed by atoms with Gasteiger partial charge in [0, 0.05) is 20.2 Å². The first-order chi connectivity index (χ1) is 9.24. The molecule has 0 aliphatic carbocycles. The lowest BCUT2D eigenvalue weighted by atomic mass is 10.3. The molecule has 0 spiro atoms. The number of carbonyl (C=O) groups excluding carboxylic acids is 1. The fraction of sp³-hybridized carbons (Fsp3) is 0.923. The van der Waals surface area contributed by atoms with E-state index in [2.05, 4.69) is 16.6 Å². The first-order valence-corrected chi connectivity index (χ1v) is 6.68. The molecule has 0 unspecified atom stereocenters. The Hall–Kier alpha value is -0.690. The van der Waals surface area contributed by atoms with E-state index in [1.165, 1.54) is 7.11 Å². The van der Waals surface area contributed by atoms with Crippen molar-refractivity contribution in [3.8, 4) is 0 Å². The molecule has 19 heavy (non-hydrogen) atoms. The third-order valence-electron chi connectivity index (χ3n) is 2.66. The van der Waals surface area contributed by atoms with E-state index in [0.717, 1.165) is 13.1 Å².